The highest BCUT2D eigenvalue weighted by Crippen LogP contribution is 2.32. The third-order valence-electron chi connectivity index (χ3n) is 6.47. The summed E-state index contributed by atoms with van der Waals surface area (Å²) in [4.78, 5) is 18.1. The number of hydrogen-bond acceptors (Lipinski definition) is 4. The maximum Gasteiger partial charge on any atom is 0.244 e. The molecule has 0 aliphatic carbocycles. The number of benzene rings is 2. The van der Waals surface area contributed by atoms with E-state index in [1.54, 1.807) is 0 Å². The average Bonchev–Trinajstić information content (AvgIpc) is 3.27. The second-order valence-electron chi connectivity index (χ2n) is 9.75. The maximum absolute atomic E-state index is 13.3. The van der Waals surface area contributed by atoms with Crippen molar-refractivity contribution < 1.29 is 13.2 Å². The van der Waals surface area contributed by atoms with E-state index in [4.69, 9.17) is 4.98 Å². The maximum atomic E-state index is 13.3. The number of amides is 1. The van der Waals surface area contributed by atoms with E-state index in [9.17, 15) is 13.2 Å². The van der Waals surface area contributed by atoms with Gasteiger partial charge < -0.3 is 9.88 Å². The normalized spacial score (nSPS) is 17.8. The van der Waals surface area contributed by atoms with E-state index in [2.05, 4.69) is 51.2 Å². The Balaban J connectivity index is 1.64. The lowest BCUT2D eigenvalue weighted by Crippen LogP contribution is -2.23. The van der Waals surface area contributed by atoms with Crippen LogP contribution in [0.2, 0.25) is 0 Å². The lowest BCUT2D eigenvalue weighted by atomic mass is 9.92. The van der Waals surface area contributed by atoms with Crippen LogP contribution in [0.25, 0.3) is 11.0 Å². The van der Waals surface area contributed by atoms with E-state index in [0.717, 1.165) is 33.7 Å². The number of fused-ring (bicyclic) bond motifs is 1. The zero-order valence-corrected chi connectivity index (χ0v) is 20.7. The second kappa shape index (κ2) is 9.29. The van der Waals surface area contributed by atoms with Crippen molar-refractivity contribution >= 4 is 32.5 Å². The van der Waals surface area contributed by atoms with Crippen LogP contribution in [0.5, 0.6) is 0 Å². The molecule has 0 spiro atoms. The number of rotatable bonds is 7. The third-order valence-corrected chi connectivity index (χ3v) is 8.31. The predicted molar refractivity (Wildman–Crippen MR) is 133 cm³/mol. The summed E-state index contributed by atoms with van der Waals surface area (Å²) in [6.45, 7) is 8.66. The predicted octanol–water partition coefficient (Wildman–Crippen LogP) is 4.90. The molecule has 0 unspecified atom stereocenters. The molecule has 1 saturated heterocycles. The summed E-state index contributed by atoms with van der Waals surface area (Å²) >= 11 is 0. The first-order chi connectivity index (χ1) is 15.6. The van der Waals surface area contributed by atoms with Gasteiger partial charge in [-0.3, -0.25) is 4.79 Å². The molecule has 4 rings (SSSR count). The molecule has 1 atom stereocenters. The van der Waals surface area contributed by atoms with E-state index in [-0.39, 0.29) is 41.7 Å². The third kappa shape index (κ3) is 5.13. The van der Waals surface area contributed by atoms with Crippen LogP contribution in [-0.2, 0) is 27.6 Å². The molecular weight excluding hydrogens is 434 g/mol. The SMILES string of the molecule is CC(C)c1cccc(C(C)C)c1NC(=O)Cn1c(C[C@H]2CCS(=O)(=O)C2)nc2ccccc21. The van der Waals surface area contributed by atoms with Crippen molar-refractivity contribution in [1.82, 2.24) is 9.55 Å². The zero-order valence-electron chi connectivity index (χ0n) is 19.8. The Morgan fingerprint density at radius 3 is 2.33 bits per heavy atom. The Kier molecular flexibility index (Phi) is 6.61. The van der Waals surface area contributed by atoms with Crippen molar-refractivity contribution in [2.75, 3.05) is 16.8 Å². The van der Waals surface area contributed by atoms with E-state index in [0.29, 0.717) is 12.8 Å². The minimum Gasteiger partial charge on any atom is -0.324 e. The molecule has 3 aromatic rings. The molecule has 1 N–H and O–H groups in total. The van der Waals surface area contributed by atoms with E-state index >= 15 is 0 Å². The minimum atomic E-state index is -2.96. The number of aromatic nitrogens is 2. The molecule has 2 heterocycles. The lowest BCUT2D eigenvalue weighted by Gasteiger charge is -2.20. The first-order valence-corrected chi connectivity index (χ1v) is 13.5. The van der Waals surface area contributed by atoms with Crippen LogP contribution in [0.3, 0.4) is 0 Å². The Labute approximate surface area is 196 Å². The molecule has 0 saturated carbocycles. The molecule has 1 aliphatic heterocycles. The van der Waals surface area contributed by atoms with Crippen LogP contribution in [0, 0.1) is 5.92 Å². The van der Waals surface area contributed by atoms with E-state index in [1.807, 2.05) is 28.8 Å². The van der Waals surface area contributed by atoms with Crippen LogP contribution >= 0.6 is 0 Å². The largest absolute Gasteiger partial charge is 0.324 e. The van der Waals surface area contributed by atoms with Crippen molar-refractivity contribution in [2.45, 2.75) is 58.9 Å². The highest BCUT2D eigenvalue weighted by atomic mass is 32.2. The minimum absolute atomic E-state index is 0.0443. The van der Waals surface area contributed by atoms with Gasteiger partial charge in [-0.1, -0.05) is 58.0 Å². The van der Waals surface area contributed by atoms with Gasteiger partial charge in [0.1, 0.15) is 12.4 Å². The number of anilines is 1. The molecule has 176 valence electrons. The Bertz CT molecular complexity index is 1250. The Morgan fingerprint density at radius 1 is 1.06 bits per heavy atom. The molecule has 6 nitrogen and oxygen atoms in total. The quantitative estimate of drug-likeness (QED) is 0.536. The molecule has 1 aliphatic rings. The fraction of sp³-hybridized carbons (Fsp3) is 0.462. The number of nitrogens with zero attached hydrogens (tertiary/aromatic N) is 2. The van der Waals surface area contributed by atoms with Crippen molar-refractivity contribution in [1.29, 1.82) is 0 Å². The molecule has 7 heteroatoms. The highest BCUT2D eigenvalue weighted by Gasteiger charge is 2.29. The van der Waals surface area contributed by atoms with Gasteiger partial charge in [-0.05, 0) is 47.4 Å². The summed E-state index contributed by atoms with van der Waals surface area (Å²) in [5, 5.41) is 3.20. The van der Waals surface area contributed by atoms with E-state index < -0.39 is 9.84 Å². The number of para-hydroxylation sites is 3. The Morgan fingerprint density at radius 2 is 1.73 bits per heavy atom. The summed E-state index contributed by atoms with van der Waals surface area (Å²) in [5.74, 6) is 1.72. The standard InChI is InChI=1S/C26H33N3O3S/c1-17(2)20-8-7-9-21(18(3)4)26(20)28-25(30)15-29-23-11-6-5-10-22(23)27-24(29)14-19-12-13-33(31,32)16-19/h5-11,17-19H,12-16H2,1-4H3,(H,28,30)/t19-/m1/s1. The molecule has 2 aromatic carbocycles. The first kappa shape index (κ1) is 23.5. The Hall–Kier alpha value is -2.67. The number of hydrogen-bond donors (Lipinski definition) is 1. The molecule has 33 heavy (non-hydrogen) atoms. The van der Waals surface area contributed by atoms with Gasteiger partial charge in [-0.2, -0.15) is 0 Å². The molecular formula is C26H33N3O3S. The summed E-state index contributed by atoms with van der Waals surface area (Å²) in [7, 11) is -2.96. The van der Waals surface area contributed by atoms with Crippen LogP contribution in [0.1, 0.15) is 62.9 Å². The average molecular weight is 468 g/mol. The highest BCUT2D eigenvalue weighted by molar-refractivity contribution is 7.91. The van der Waals surface area contributed by atoms with Crippen LogP contribution < -0.4 is 5.32 Å². The number of carbonyl (C=O) groups excluding carboxylic acids is 1. The lowest BCUT2D eigenvalue weighted by molar-refractivity contribution is -0.116. The number of sulfone groups is 1. The summed E-state index contributed by atoms with van der Waals surface area (Å²) in [6.07, 6.45) is 1.21. The van der Waals surface area contributed by atoms with Gasteiger partial charge in [-0.25, -0.2) is 13.4 Å². The van der Waals surface area contributed by atoms with Gasteiger partial charge in [0.25, 0.3) is 0 Å². The fourth-order valence-electron chi connectivity index (χ4n) is 4.77. The summed E-state index contributed by atoms with van der Waals surface area (Å²) in [5.41, 5.74) is 4.87. The monoisotopic (exact) mass is 467 g/mol. The van der Waals surface area contributed by atoms with Crippen molar-refractivity contribution in [3.05, 3.63) is 59.4 Å². The number of nitrogens with one attached hydrogen (secondary N) is 1. The number of imidazole rings is 1. The molecule has 0 bridgehead atoms. The van der Waals surface area contributed by atoms with Gasteiger partial charge in [0.05, 0.1) is 22.5 Å². The smallest absolute Gasteiger partial charge is 0.244 e. The van der Waals surface area contributed by atoms with Gasteiger partial charge in [0.15, 0.2) is 9.84 Å². The molecule has 0 radical (unpaired) electrons. The van der Waals surface area contributed by atoms with Crippen molar-refractivity contribution in [3.63, 3.8) is 0 Å². The van der Waals surface area contributed by atoms with Crippen molar-refractivity contribution in [3.8, 4) is 0 Å². The van der Waals surface area contributed by atoms with Crippen LogP contribution in [-0.4, -0.2) is 35.4 Å². The van der Waals surface area contributed by atoms with Gasteiger partial charge >= 0.3 is 0 Å². The molecule has 1 amide bonds. The second-order valence-corrected chi connectivity index (χ2v) is 12.0. The zero-order chi connectivity index (χ0) is 23.8. The fourth-order valence-corrected chi connectivity index (χ4v) is 6.63. The first-order valence-electron chi connectivity index (χ1n) is 11.7. The summed E-state index contributed by atoms with van der Waals surface area (Å²) in [6, 6.07) is 14.0. The van der Waals surface area contributed by atoms with E-state index in [1.165, 1.54) is 0 Å². The van der Waals surface area contributed by atoms with Crippen molar-refractivity contribution in [2.24, 2.45) is 5.92 Å². The number of carbonyl (C=O) groups is 1. The molecule has 1 aromatic heterocycles. The van der Waals surface area contributed by atoms with Gasteiger partial charge in [0, 0.05) is 12.1 Å². The van der Waals surface area contributed by atoms with Gasteiger partial charge in [-0.15, -0.1) is 0 Å². The molecule has 1 fully saturated rings. The van der Waals surface area contributed by atoms with Crippen LogP contribution in [0.4, 0.5) is 5.69 Å². The summed E-state index contributed by atoms with van der Waals surface area (Å²) < 4.78 is 25.9. The van der Waals surface area contributed by atoms with Gasteiger partial charge in [0.2, 0.25) is 5.91 Å². The topological polar surface area (TPSA) is 81.1 Å². The van der Waals surface area contributed by atoms with Crippen LogP contribution in [0.15, 0.2) is 42.5 Å².